The summed E-state index contributed by atoms with van der Waals surface area (Å²) in [5.74, 6) is -0.628. The van der Waals surface area contributed by atoms with Gasteiger partial charge in [-0.2, -0.15) is 0 Å². The molecule has 1 aromatic heterocycles. The normalized spacial score (nSPS) is 13.5. The van der Waals surface area contributed by atoms with Crippen LogP contribution in [0.1, 0.15) is 10.5 Å². The van der Waals surface area contributed by atoms with Crippen molar-refractivity contribution in [3.05, 3.63) is 35.3 Å². The topological polar surface area (TPSA) is 95.0 Å². The highest BCUT2D eigenvalue weighted by molar-refractivity contribution is 7.13. The first-order valence-corrected chi connectivity index (χ1v) is 8.20. The number of methoxy groups -OCH3 is 1. The second-order valence-electron chi connectivity index (χ2n) is 5.00. The SMILES string of the molecule is COc1ccc(-c2nc(C(=O)OCC(=O)N3CCOC3=O)cs2)cc1. The van der Waals surface area contributed by atoms with Gasteiger partial charge in [-0.05, 0) is 24.3 Å². The van der Waals surface area contributed by atoms with E-state index in [0.717, 1.165) is 16.2 Å². The second kappa shape index (κ2) is 7.31. The van der Waals surface area contributed by atoms with Gasteiger partial charge in [0.1, 0.15) is 17.4 Å². The highest BCUT2D eigenvalue weighted by Gasteiger charge is 2.29. The van der Waals surface area contributed by atoms with Crippen LogP contribution in [0.2, 0.25) is 0 Å². The van der Waals surface area contributed by atoms with Crippen LogP contribution >= 0.6 is 11.3 Å². The van der Waals surface area contributed by atoms with Crippen LogP contribution < -0.4 is 4.74 Å². The van der Waals surface area contributed by atoms with Crippen LogP contribution in [0.4, 0.5) is 4.79 Å². The van der Waals surface area contributed by atoms with Crippen molar-refractivity contribution in [2.24, 2.45) is 0 Å². The third-order valence-corrected chi connectivity index (χ3v) is 4.33. The molecule has 25 heavy (non-hydrogen) atoms. The zero-order chi connectivity index (χ0) is 17.8. The van der Waals surface area contributed by atoms with Crippen LogP contribution in [0.5, 0.6) is 5.75 Å². The summed E-state index contributed by atoms with van der Waals surface area (Å²) < 4.78 is 14.7. The lowest BCUT2D eigenvalue weighted by Gasteiger charge is -2.10. The van der Waals surface area contributed by atoms with Gasteiger partial charge in [-0.15, -0.1) is 11.3 Å². The molecule has 1 aliphatic rings. The molecule has 8 nitrogen and oxygen atoms in total. The number of imide groups is 1. The van der Waals surface area contributed by atoms with E-state index in [2.05, 4.69) is 9.72 Å². The number of hydrogen-bond donors (Lipinski definition) is 0. The van der Waals surface area contributed by atoms with Crippen LogP contribution in [-0.4, -0.2) is 54.7 Å². The molecule has 0 aliphatic carbocycles. The number of carbonyl (C=O) groups excluding carboxylic acids is 3. The summed E-state index contributed by atoms with van der Waals surface area (Å²) >= 11 is 1.28. The molecule has 1 saturated heterocycles. The number of nitrogens with zero attached hydrogens (tertiary/aromatic N) is 2. The monoisotopic (exact) mass is 362 g/mol. The molecule has 1 aromatic carbocycles. The number of aromatic nitrogens is 1. The summed E-state index contributed by atoms with van der Waals surface area (Å²) in [4.78, 5) is 40.2. The molecule has 0 N–H and O–H groups in total. The molecule has 130 valence electrons. The molecule has 0 radical (unpaired) electrons. The number of hydrogen-bond acceptors (Lipinski definition) is 8. The molecule has 0 atom stereocenters. The van der Waals surface area contributed by atoms with Crippen molar-refractivity contribution in [2.45, 2.75) is 0 Å². The molecule has 2 heterocycles. The molecule has 2 amide bonds. The van der Waals surface area contributed by atoms with Gasteiger partial charge >= 0.3 is 12.1 Å². The second-order valence-corrected chi connectivity index (χ2v) is 5.86. The van der Waals surface area contributed by atoms with E-state index in [4.69, 9.17) is 9.47 Å². The fraction of sp³-hybridized carbons (Fsp3) is 0.250. The van der Waals surface area contributed by atoms with Crippen LogP contribution in [0.25, 0.3) is 10.6 Å². The largest absolute Gasteiger partial charge is 0.497 e. The first-order valence-electron chi connectivity index (χ1n) is 7.32. The van der Waals surface area contributed by atoms with Crippen molar-refractivity contribution < 1.29 is 28.6 Å². The first kappa shape index (κ1) is 16.9. The predicted octanol–water partition coefficient (Wildman–Crippen LogP) is 1.95. The average molecular weight is 362 g/mol. The van der Waals surface area contributed by atoms with E-state index in [-0.39, 0.29) is 18.8 Å². The van der Waals surface area contributed by atoms with Crippen molar-refractivity contribution in [2.75, 3.05) is 26.9 Å². The number of rotatable bonds is 5. The van der Waals surface area contributed by atoms with Crippen LogP contribution in [0, 0.1) is 0 Å². The van der Waals surface area contributed by atoms with Crippen molar-refractivity contribution in [3.63, 3.8) is 0 Å². The average Bonchev–Trinajstić information content (AvgIpc) is 3.28. The van der Waals surface area contributed by atoms with Crippen molar-refractivity contribution in [1.82, 2.24) is 9.88 Å². The third kappa shape index (κ3) is 3.77. The van der Waals surface area contributed by atoms with Crippen LogP contribution in [0.15, 0.2) is 29.6 Å². The van der Waals surface area contributed by atoms with E-state index < -0.39 is 24.6 Å². The summed E-state index contributed by atoms with van der Waals surface area (Å²) in [6, 6.07) is 7.25. The van der Waals surface area contributed by atoms with E-state index in [1.807, 2.05) is 12.1 Å². The number of amides is 2. The smallest absolute Gasteiger partial charge is 0.416 e. The maximum absolute atomic E-state index is 12.0. The van der Waals surface area contributed by atoms with Crippen molar-refractivity contribution in [3.8, 4) is 16.3 Å². The molecule has 3 rings (SSSR count). The minimum Gasteiger partial charge on any atom is -0.497 e. The highest BCUT2D eigenvalue weighted by atomic mass is 32.1. The summed E-state index contributed by atoms with van der Waals surface area (Å²) in [7, 11) is 1.58. The standard InChI is InChI=1S/C16H14N2O6S/c1-22-11-4-2-10(3-5-11)14-17-12(9-25-14)15(20)24-8-13(19)18-6-7-23-16(18)21/h2-5,9H,6-8H2,1H3. The predicted molar refractivity (Wildman–Crippen MR) is 87.4 cm³/mol. The molecular formula is C16H14N2O6S. The Morgan fingerprint density at radius 1 is 1.32 bits per heavy atom. The van der Waals surface area contributed by atoms with Gasteiger partial charge in [0.2, 0.25) is 0 Å². The summed E-state index contributed by atoms with van der Waals surface area (Å²) in [5.41, 5.74) is 0.938. The van der Waals surface area contributed by atoms with Gasteiger partial charge in [-0.1, -0.05) is 0 Å². The third-order valence-electron chi connectivity index (χ3n) is 3.44. The van der Waals surface area contributed by atoms with E-state index in [1.165, 1.54) is 11.3 Å². The Hall–Kier alpha value is -2.94. The Bertz CT molecular complexity index is 801. The molecule has 1 fully saturated rings. The molecule has 2 aromatic rings. The van der Waals surface area contributed by atoms with Crippen molar-refractivity contribution in [1.29, 1.82) is 0 Å². The molecule has 0 bridgehead atoms. The molecular weight excluding hydrogens is 348 g/mol. The molecule has 0 spiro atoms. The number of esters is 1. The number of thiazole rings is 1. The summed E-state index contributed by atoms with van der Waals surface area (Å²) in [6.45, 7) is -0.229. The highest BCUT2D eigenvalue weighted by Crippen LogP contribution is 2.25. The van der Waals surface area contributed by atoms with E-state index in [1.54, 1.807) is 24.6 Å². The number of carbonyl (C=O) groups is 3. The molecule has 1 aliphatic heterocycles. The van der Waals surface area contributed by atoms with Gasteiger partial charge in [0.05, 0.1) is 13.7 Å². The quantitative estimate of drug-likeness (QED) is 0.750. The molecule has 9 heteroatoms. The van der Waals surface area contributed by atoms with Gasteiger partial charge < -0.3 is 14.2 Å². The molecule has 0 unspecified atom stereocenters. The lowest BCUT2D eigenvalue weighted by atomic mass is 10.2. The van der Waals surface area contributed by atoms with Gasteiger partial charge in [-0.3, -0.25) is 4.79 Å². The fourth-order valence-electron chi connectivity index (χ4n) is 2.13. The van der Waals surface area contributed by atoms with Gasteiger partial charge in [0.15, 0.2) is 12.3 Å². The number of benzene rings is 1. The Balaban J connectivity index is 1.60. The minimum absolute atomic E-state index is 0.104. The lowest BCUT2D eigenvalue weighted by molar-refractivity contribution is -0.131. The maximum Gasteiger partial charge on any atom is 0.416 e. The zero-order valence-electron chi connectivity index (χ0n) is 13.3. The van der Waals surface area contributed by atoms with Crippen LogP contribution in [-0.2, 0) is 14.3 Å². The summed E-state index contributed by atoms with van der Waals surface area (Å²) in [6.07, 6.45) is -0.725. The number of cyclic esters (lactones) is 1. The van der Waals surface area contributed by atoms with E-state index >= 15 is 0 Å². The first-order chi connectivity index (χ1) is 12.1. The Kier molecular flexibility index (Phi) is 4.94. The number of ether oxygens (including phenoxy) is 3. The van der Waals surface area contributed by atoms with E-state index in [0.29, 0.717) is 5.01 Å². The van der Waals surface area contributed by atoms with Gasteiger partial charge in [0, 0.05) is 10.9 Å². The Morgan fingerprint density at radius 3 is 2.72 bits per heavy atom. The molecule has 0 saturated carbocycles. The Labute approximate surface area is 146 Å². The van der Waals surface area contributed by atoms with E-state index in [9.17, 15) is 14.4 Å². The van der Waals surface area contributed by atoms with Crippen molar-refractivity contribution >= 4 is 29.3 Å². The zero-order valence-corrected chi connectivity index (χ0v) is 14.1. The maximum atomic E-state index is 12.0. The van der Waals surface area contributed by atoms with Gasteiger partial charge in [0.25, 0.3) is 5.91 Å². The Morgan fingerprint density at radius 2 is 2.08 bits per heavy atom. The summed E-state index contributed by atoms with van der Waals surface area (Å²) in [5, 5.41) is 2.19. The minimum atomic E-state index is -0.725. The van der Waals surface area contributed by atoms with Crippen LogP contribution in [0.3, 0.4) is 0 Å². The lowest BCUT2D eigenvalue weighted by Crippen LogP contribution is -2.35. The van der Waals surface area contributed by atoms with Gasteiger partial charge in [-0.25, -0.2) is 19.5 Å². The fourth-order valence-corrected chi connectivity index (χ4v) is 2.93.